The van der Waals surface area contributed by atoms with Crippen LogP contribution in [0.5, 0.6) is 0 Å². The zero-order valence-corrected chi connectivity index (χ0v) is 17.6. The van der Waals surface area contributed by atoms with Gasteiger partial charge in [0.05, 0.1) is 0 Å². The molecule has 0 spiro atoms. The van der Waals surface area contributed by atoms with Crippen molar-refractivity contribution < 1.29 is 4.79 Å². The first-order chi connectivity index (χ1) is 13.4. The molecule has 6 heteroatoms. The van der Waals surface area contributed by atoms with Crippen LogP contribution < -0.4 is 10.2 Å². The van der Waals surface area contributed by atoms with E-state index in [2.05, 4.69) is 66.1 Å². The number of para-hydroxylation sites is 1. The van der Waals surface area contributed by atoms with Gasteiger partial charge < -0.3 is 15.1 Å². The Hall–Kier alpha value is -2.63. The van der Waals surface area contributed by atoms with Gasteiger partial charge in [-0.15, -0.1) is 0 Å². The van der Waals surface area contributed by atoms with E-state index < -0.39 is 0 Å². The molecular formula is C22H31N5O. The summed E-state index contributed by atoms with van der Waals surface area (Å²) in [7, 11) is 0. The number of piperazine rings is 1. The van der Waals surface area contributed by atoms with Crippen molar-refractivity contribution in [3.63, 3.8) is 0 Å². The molecule has 6 nitrogen and oxygen atoms in total. The fourth-order valence-corrected chi connectivity index (χ4v) is 3.66. The Morgan fingerprint density at radius 3 is 2.14 bits per heavy atom. The Morgan fingerprint density at radius 1 is 1.00 bits per heavy atom. The highest BCUT2D eigenvalue weighted by Gasteiger charge is 2.20. The van der Waals surface area contributed by atoms with Crippen LogP contribution in [0.15, 0.2) is 30.6 Å². The van der Waals surface area contributed by atoms with E-state index in [9.17, 15) is 4.79 Å². The first kappa shape index (κ1) is 20.1. The van der Waals surface area contributed by atoms with Gasteiger partial charge in [-0.25, -0.2) is 9.97 Å². The summed E-state index contributed by atoms with van der Waals surface area (Å²) in [5.41, 5.74) is 3.74. The minimum absolute atomic E-state index is 0.135. The summed E-state index contributed by atoms with van der Waals surface area (Å²) in [6, 6.07) is 8.50. The summed E-state index contributed by atoms with van der Waals surface area (Å²) in [5, 5.41) is 3.57. The van der Waals surface area contributed by atoms with Crippen molar-refractivity contribution in [3.05, 3.63) is 41.7 Å². The van der Waals surface area contributed by atoms with Crippen molar-refractivity contribution in [1.82, 2.24) is 14.9 Å². The third kappa shape index (κ3) is 4.43. The number of benzene rings is 1. The largest absolute Gasteiger partial charge is 0.353 e. The molecule has 0 atom stereocenters. The minimum Gasteiger partial charge on any atom is -0.353 e. The average Bonchev–Trinajstić information content (AvgIpc) is 2.68. The fourth-order valence-electron chi connectivity index (χ4n) is 3.66. The lowest BCUT2D eigenvalue weighted by molar-refractivity contribution is -0.129. The number of hydrogen-bond acceptors (Lipinski definition) is 5. The van der Waals surface area contributed by atoms with Crippen molar-refractivity contribution in [2.75, 3.05) is 36.4 Å². The predicted molar refractivity (Wildman–Crippen MR) is 114 cm³/mol. The molecule has 3 rings (SSSR count). The van der Waals surface area contributed by atoms with Crippen LogP contribution in [0.1, 0.15) is 57.6 Å². The average molecular weight is 382 g/mol. The Kier molecular flexibility index (Phi) is 6.17. The molecule has 1 fully saturated rings. The third-order valence-electron chi connectivity index (χ3n) is 5.33. The molecule has 1 aliphatic heterocycles. The highest BCUT2D eigenvalue weighted by atomic mass is 16.2. The van der Waals surface area contributed by atoms with Gasteiger partial charge >= 0.3 is 0 Å². The van der Waals surface area contributed by atoms with Crippen LogP contribution in [0.2, 0.25) is 0 Å². The van der Waals surface area contributed by atoms with Gasteiger partial charge in [0.25, 0.3) is 0 Å². The van der Waals surface area contributed by atoms with E-state index in [1.165, 1.54) is 11.1 Å². The Bertz CT molecular complexity index is 799. The van der Waals surface area contributed by atoms with E-state index in [1.54, 1.807) is 13.3 Å². The first-order valence-electron chi connectivity index (χ1n) is 10.1. The number of nitrogens with one attached hydrogen (secondary N) is 1. The predicted octanol–water partition coefficient (Wildman–Crippen LogP) is 4.14. The second-order valence-electron chi connectivity index (χ2n) is 8.00. The van der Waals surface area contributed by atoms with Crippen molar-refractivity contribution in [2.24, 2.45) is 0 Å². The highest BCUT2D eigenvalue weighted by Crippen LogP contribution is 2.34. The lowest BCUT2D eigenvalue weighted by atomic mass is 9.92. The number of rotatable bonds is 5. The first-order valence-corrected chi connectivity index (χ1v) is 10.1. The number of amides is 1. The standard InChI is InChI=1S/C22H31N5O/c1-15(2)18-7-6-8-19(16(3)4)22(18)25-20-13-21(24-14-23-20)27-11-9-26(10-12-27)17(5)28/h6-8,13-16H,9-12H2,1-5H3,(H,23,24,25). The van der Waals surface area contributed by atoms with Crippen LogP contribution in [0.25, 0.3) is 0 Å². The summed E-state index contributed by atoms with van der Waals surface area (Å²) >= 11 is 0. The minimum atomic E-state index is 0.135. The Morgan fingerprint density at radius 2 is 1.61 bits per heavy atom. The fraction of sp³-hybridized carbons (Fsp3) is 0.500. The molecule has 28 heavy (non-hydrogen) atoms. The van der Waals surface area contributed by atoms with Crippen molar-refractivity contribution >= 4 is 23.2 Å². The number of carbonyl (C=O) groups excluding carboxylic acids is 1. The highest BCUT2D eigenvalue weighted by molar-refractivity contribution is 5.73. The Labute approximate surface area is 168 Å². The van der Waals surface area contributed by atoms with Crippen LogP contribution in [0, 0.1) is 0 Å². The van der Waals surface area contributed by atoms with Crippen LogP contribution in [-0.4, -0.2) is 47.0 Å². The van der Waals surface area contributed by atoms with E-state index in [0.29, 0.717) is 11.8 Å². The molecule has 1 aromatic heterocycles. The molecule has 2 heterocycles. The van der Waals surface area contributed by atoms with Crippen LogP contribution in [0.3, 0.4) is 0 Å². The molecule has 1 aromatic carbocycles. The van der Waals surface area contributed by atoms with Gasteiger partial charge in [0, 0.05) is 44.9 Å². The van der Waals surface area contributed by atoms with Gasteiger partial charge in [-0.3, -0.25) is 4.79 Å². The second kappa shape index (κ2) is 8.59. The van der Waals surface area contributed by atoms with Crippen molar-refractivity contribution in [1.29, 1.82) is 0 Å². The molecule has 1 saturated heterocycles. The molecule has 0 radical (unpaired) electrons. The molecule has 0 aliphatic carbocycles. The number of hydrogen-bond donors (Lipinski definition) is 1. The zero-order valence-electron chi connectivity index (χ0n) is 17.6. The van der Waals surface area contributed by atoms with Crippen LogP contribution in [-0.2, 0) is 4.79 Å². The maximum absolute atomic E-state index is 11.5. The lowest BCUT2D eigenvalue weighted by Gasteiger charge is -2.34. The summed E-state index contributed by atoms with van der Waals surface area (Å²) in [6.45, 7) is 13.5. The van der Waals surface area contributed by atoms with E-state index in [4.69, 9.17) is 0 Å². The third-order valence-corrected chi connectivity index (χ3v) is 5.33. The van der Waals surface area contributed by atoms with Gasteiger partial charge in [-0.05, 0) is 23.0 Å². The monoisotopic (exact) mass is 381 g/mol. The van der Waals surface area contributed by atoms with Gasteiger partial charge in [-0.2, -0.15) is 0 Å². The molecule has 0 bridgehead atoms. The topological polar surface area (TPSA) is 61.4 Å². The summed E-state index contributed by atoms with van der Waals surface area (Å²) < 4.78 is 0. The number of aromatic nitrogens is 2. The molecular weight excluding hydrogens is 350 g/mol. The van der Waals surface area contributed by atoms with E-state index >= 15 is 0 Å². The zero-order chi connectivity index (χ0) is 20.3. The van der Waals surface area contributed by atoms with E-state index in [0.717, 1.165) is 43.5 Å². The van der Waals surface area contributed by atoms with Gasteiger partial charge in [-0.1, -0.05) is 45.9 Å². The Balaban J connectivity index is 1.84. The van der Waals surface area contributed by atoms with Crippen LogP contribution in [0.4, 0.5) is 17.3 Å². The molecule has 1 N–H and O–H groups in total. The lowest BCUT2D eigenvalue weighted by Crippen LogP contribution is -2.48. The number of carbonyl (C=O) groups is 1. The van der Waals surface area contributed by atoms with Crippen molar-refractivity contribution in [3.8, 4) is 0 Å². The maximum atomic E-state index is 11.5. The second-order valence-corrected chi connectivity index (χ2v) is 8.00. The molecule has 1 amide bonds. The molecule has 2 aromatic rings. The van der Waals surface area contributed by atoms with E-state index in [-0.39, 0.29) is 5.91 Å². The molecule has 1 aliphatic rings. The summed E-state index contributed by atoms with van der Waals surface area (Å²) in [5.74, 6) is 2.67. The SMILES string of the molecule is CC(=O)N1CCN(c2cc(Nc3c(C(C)C)cccc3C(C)C)ncn2)CC1. The number of anilines is 3. The normalized spacial score (nSPS) is 14.7. The maximum Gasteiger partial charge on any atom is 0.219 e. The summed E-state index contributed by atoms with van der Waals surface area (Å²) in [4.78, 5) is 24.6. The summed E-state index contributed by atoms with van der Waals surface area (Å²) in [6.07, 6.45) is 1.61. The van der Waals surface area contributed by atoms with Gasteiger partial charge in [0.15, 0.2) is 0 Å². The smallest absolute Gasteiger partial charge is 0.219 e. The quantitative estimate of drug-likeness (QED) is 0.844. The van der Waals surface area contributed by atoms with Crippen LogP contribution >= 0.6 is 0 Å². The molecule has 150 valence electrons. The van der Waals surface area contributed by atoms with E-state index in [1.807, 2.05) is 11.0 Å². The number of nitrogens with zero attached hydrogens (tertiary/aromatic N) is 4. The molecule has 0 saturated carbocycles. The molecule has 0 unspecified atom stereocenters. The van der Waals surface area contributed by atoms with Crippen molar-refractivity contribution in [2.45, 2.75) is 46.5 Å². The van der Waals surface area contributed by atoms with Gasteiger partial charge in [0.1, 0.15) is 18.0 Å². The van der Waals surface area contributed by atoms with Gasteiger partial charge in [0.2, 0.25) is 5.91 Å².